The normalized spacial score (nSPS) is 10.8. The summed E-state index contributed by atoms with van der Waals surface area (Å²) < 4.78 is 6.18. The highest BCUT2D eigenvalue weighted by atomic mass is 16.5. The van der Waals surface area contributed by atoms with E-state index in [-0.39, 0.29) is 12.2 Å². The number of carbonyl (C=O) groups is 1. The van der Waals surface area contributed by atoms with Crippen LogP contribution in [-0.2, 0) is 19.7 Å². The molecule has 0 aromatic heterocycles. The Kier molecular flexibility index (Phi) is 6.95. The lowest BCUT2D eigenvalue weighted by molar-refractivity contribution is 0.0694. The number of rotatable bonds is 9. The monoisotopic (exact) mass is 473 g/mol. The third-order valence-electron chi connectivity index (χ3n) is 6.21. The quantitative estimate of drug-likeness (QED) is 0.244. The molecule has 5 aromatic carbocycles. The topological polar surface area (TPSA) is 49.8 Å². The number of ether oxygens (including phenoxy) is 1. The van der Waals surface area contributed by atoms with E-state index >= 15 is 0 Å². The standard InChI is InChI=1S/C32H27NO3/c34-32(35)31-28-19-11-10-18-27(28)29(20-30(31)36-23-26-16-8-3-9-17-26)33(21-24-12-4-1-5-13-24)22-25-14-6-2-7-15-25/h1-20H,21-23H2,(H,34,35). The van der Waals surface area contributed by atoms with Crippen molar-refractivity contribution >= 4 is 22.4 Å². The zero-order valence-electron chi connectivity index (χ0n) is 19.9. The summed E-state index contributed by atoms with van der Waals surface area (Å²) in [5.74, 6) is -0.635. The zero-order chi connectivity index (χ0) is 24.7. The molecule has 36 heavy (non-hydrogen) atoms. The van der Waals surface area contributed by atoms with Gasteiger partial charge in [-0.1, -0.05) is 115 Å². The van der Waals surface area contributed by atoms with Crippen molar-refractivity contribution in [3.63, 3.8) is 0 Å². The Hall–Kier alpha value is -4.57. The van der Waals surface area contributed by atoms with E-state index in [1.54, 1.807) is 0 Å². The van der Waals surface area contributed by atoms with Crippen LogP contribution in [0.25, 0.3) is 10.8 Å². The van der Waals surface area contributed by atoms with Crippen molar-refractivity contribution < 1.29 is 14.6 Å². The number of carboxylic acids is 1. The van der Waals surface area contributed by atoms with E-state index in [2.05, 4.69) is 29.2 Å². The Bertz CT molecular complexity index is 1410. The highest BCUT2D eigenvalue weighted by Crippen LogP contribution is 2.38. The van der Waals surface area contributed by atoms with Gasteiger partial charge >= 0.3 is 5.97 Å². The minimum Gasteiger partial charge on any atom is -0.488 e. The van der Waals surface area contributed by atoms with E-state index in [1.165, 1.54) is 11.1 Å². The second-order valence-electron chi connectivity index (χ2n) is 8.72. The fourth-order valence-corrected chi connectivity index (χ4v) is 4.50. The van der Waals surface area contributed by atoms with Gasteiger partial charge in [-0.2, -0.15) is 0 Å². The van der Waals surface area contributed by atoms with Crippen molar-refractivity contribution in [2.24, 2.45) is 0 Å². The molecule has 0 aliphatic rings. The minimum absolute atomic E-state index is 0.185. The van der Waals surface area contributed by atoms with E-state index in [4.69, 9.17) is 4.74 Å². The van der Waals surface area contributed by atoms with Gasteiger partial charge in [-0.25, -0.2) is 4.79 Å². The molecule has 4 nitrogen and oxygen atoms in total. The average molecular weight is 474 g/mol. The van der Waals surface area contributed by atoms with Gasteiger partial charge in [0.15, 0.2) is 0 Å². The average Bonchev–Trinajstić information content (AvgIpc) is 2.92. The van der Waals surface area contributed by atoms with Gasteiger partial charge < -0.3 is 14.7 Å². The Morgan fingerprint density at radius 3 is 1.64 bits per heavy atom. The van der Waals surface area contributed by atoms with Crippen LogP contribution in [0.1, 0.15) is 27.0 Å². The van der Waals surface area contributed by atoms with E-state index in [1.807, 2.05) is 97.1 Å². The molecule has 0 saturated carbocycles. The molecule has 0 atom stereocenters. The van der Waals surface area contributed by atoms with Gasteiger partial charge in [0, 0.05) is 35.6 Å². The van der Waals surface area contributed by atoms with Crippen molar-refractivity contribution in [3.05, 3.63) is 144 Å². The van der Waals surface area contributed by atoms with Crippen LogP contribution < -0.4 is 9.64 Å². The van der Waals surface area contributed by atoms with E-state index < -0.39 is 5.97 Å². The molecule has 5 rings (SSSR count). The van der Waals surface area contributed by atoms with E-state index in [9.17, 15) is 9.90 Å². The first kappa shape index (κ1) is 23.2. The number of carboxylic acid groups (broad SMARTS) is 1. The fraction of sp³-hybridized carbons (Fsp3) is 0.0938. The van der Waals surface area contributed by atoms with Crippen LogP contribution in [0.15, 0.2) is 121 Å². The Balaban J connectivity index is 1.63. The summed E-state index contributed by atoms with van der Waals surface area (Å²) in [6.45, 7) is 1.63. The van der Waals surface area contributed by atoms with Gasteiger partial charge in [0.25, 0.3) is 0 Å². The molecule has 4 heteroatoms. The molecule has 178 valence electrons. The predicted molar refractivity (Wildman–Crippen MR) is 144 cm³/mol. The van der Waals surface area contributed by atoms with E-state index in [0.29, 0.717) is 24.2 Å². The van der Waals surface area contributed by atoms with Crippen LogP contribution in [0.5, 0.6) is 5.75 Å². The summed E-state index contributed by atoms with van der Waals surface area (Å²) in [6.07, 6.45) is 0. The highest BCUT2D eigenvalue weighted by molar-refractivity contribution is 6.10. The molecule has 0 fully saturated rings. The van der Waals surface area contributed by atoms with Crippen LogP contribution >= 0.6 is 0 Å². The van der Waals surface area contributed by atoms with Gasteiger partial charge in [0.1, 0.15) is 17.9 Å². The molecule has 0 radical (unpaired) electrons. The lowest BCUT2D eigenvalue weighted by atomic mass is 10.00. The molecule has 0 heterocycles. The van der Waals surface area contributed by atoms with Gasteiger partial charge in [0.2, 0.25) is 0 Å². The zero-order valence-corrected chi connectivity index (χ0v) is 19.9. The second kappa shape index (κ2) is 10.8. The maximum atomic E-state index is 12.4. The van der Waals surface area contributed by atoms with Crippen LogP contribution in [0.2, 0.25) is 0 Å². The van der Waals surface area contributed by atoms with E-state index in [0.717, 1.165) is 16.6 Å². The SMILES string of the molecule is O=C(O)c1c(OCc2ccccc2)cc(N(Cc2ccccc2)Cc2ccccc2)c2ccccc12. The van der Waals surface area contributed by atoms with Gasteiger partial charge in [-0.3, -0.25) is 0 Å². The molecule has 1 N–H and O–H groups in total. The molecular weight excluding hydrogens is 446 g/mol. The molecule has 0 aliphatic carbocycles. The summed E-state index contributed by atoms with van der Waals surface area (Å²) in [6, 6.07) is 40.0. The Morgan fingerprint density at radius 1 is 0.639 bits per heavy atom. The number of aromatic carboxylic acids is 1. The van der Waals surface area contributed by atoms with Crippen LogP contribution in [-0.4, -0.2) is 11.1 Å². The number of fused-ring (bicyclic) bond motifs is 1. The summed E-state index contributed by atoms with van der Waals surface area (Å²) in [5.41, 5.74) is 4.45. The van der Waals surface area contributed by atoms with Crippen LogP contribution in [0.3, 0.4) is 0 Å². The Morgan fingerprint density at radius 2 is 1.11 bits per heavy atom. The summed E-state index contributed by atoms with van der Waals surface area (Å²) in [4.78, 5) is 14.7. The summed E-state index contributed by atoms with van der Waals surface area (Å²) in [7, 11) is 0. The molecule has 0 aliphatic heterocycles. The summed E-state index contributed by atoms with van der Waals surface area (Å²) >= 11 is 0. The van der Waals surface area contributed by atoms with Crippen molar-refractivity contribution in [1.29, 1.82) is 0 Å². The molecule has 0 bridgehead atoms. The molecule has 0 unspecified atom stereocenters. The van der Waals surface area contributed by atoms with Crippen molar-refractivity contribution in [3.8, 4) is 5.75 Å². The van der Waals surface area contributed by atoms with Gasteiger partial charge in [-0.05, 0) is 16.7 Å². The first-order chi connectivity index (χ1) is 17.7. The number of hydrogen-bond acceptors (Lipinski definition) is 3. The molecular formula is C32H27NO3. The maximum Gasteiger partial charge on any atom is 0.340 e. The fourth-order valence-electron chi connectivity index (χ4n) is 4.50. The predicted octanol–water partition coefficient (Wildman–Crippen LogP) is 7.32. The first-order valence-corrected chi connectivity index (χ1v) is 12.0. The smallest absolute Gasteiger partial charge is 0.340 e. The van der Waals surface area contributed by atoms with Crippen molar-refractivity contribution in [1.82, 2.24) is 0 Å². The Labute approximate surface area is 211 Å². The van der Waals surface area contributed by atoms with Gasteiger partial charge in [0.05, 0.1) is 0 Å². The largest absolute Gasteiger partial charge is 0.488 e. The molecule has 0 amide bonds. The van der Waals surface area contributed by atoms with Gasteiger partial charge in [-0.15, -0.1) is 0 Å². The first-order valence-electron chi connectivity index (χ1n) is 12.0. The molecule has 0 spiro atoms. The third-order valence-corrected chi connectivity index (χ3v) is 6.21. The summed E-state index contributed by atoms with van der Waals surface area (Å²) in [5, 5.41) is 11.7. The molecule has 5 aromatic rings. The third kappa shape index (κ3) is 5.23. The highest BCUT2D eigenvalue weighted by Gasteiger charge is 2.22. The number of hydrogen-bond donors (Lipinski definition) is 1. The number of nitrogens with zero attached hydrogens (tertiary/aromatic N) is 1. The lowest BCUT2D eigenvalue weighted by Gasteiger charge is -2.28. The number of anilines is 1. The minimum atomic E-state index is -1.00. The molecule has 0 saturated heterocycles. The maximum absolute atomic E-state index is 12.4. The van der Waals surface area contributed by atoms with Crippen LogP contribution in [0, 0.1) is 0 Å². The lowest BCUT2D eigenvalue weighted by Crippen LogP contribution is -2.23. The van der Waals surface area contributed by atoms with Crippen molar-refractivity contribution in [2.75, 3.05) is 4.90 Å². The second-order valence-corrected chi connectivity index (χ2v) is 8.72. The number of benzene rings is 5. The van der Waals surface area contributed by atoms with Crippen LogP contribution in [0.4, 0.5) is 5.69 Å². The van der Waals surface area contributed by atoms with Crippen molar-refractivity contribution in [2.45, 2.75) is 19.7 Å².